The van der Waals surface area contributed by atoms with E-state index in [2.05, 4.69) is 17.0 Å². The van der Waals surface area contributed by atoms with Gasteiger partial charge in [-0.25, -0.2) is 4.79 Å². The van der Waals surface area contributed by atoms with Crippen molar-refractivity contribution in [3.63, 3.8) is 0 Å². The molecule has 2 N–H and O–H groups in total. The van der Waals surface area contributed by atoms with Gasteiger partial charge in [-0.15, -0.1) is 0 Å². The Hall–Kier alpha value is -4.04. The van der Waals surface area contributed by atoms with Crippen molar-refractivity contribution in [1.82, 2.24) is 4.90 Å². The van der Waals surface area contributed by atoms with Gasteiger partial charge in [0.1, 0.15) is 12.6 Å². The van der Waals surface area contributed by atoms with E-state index in [-0.39, 0.29) is 6.04 Å². The highest BCUT2D eigenvalue weighted by atomic mass is 35.5. The fraction of sp³-hybridized carbons (Fsp3) is 0.286. The maximum absolute atomic E-state index is 13.2. The van der Waals surface area contributed by atoms with E-state index in [1.54, 1.807) is 20.3 Å². The van der Waals surface area contributed by atoms with Crippen LogP contribution in [0.15, 0.2) is 78.9 Å². The SMILES string of the molecule is COc1cc2c(cc1OCc1ccccc1)C1Cc3c(Cl)cc(OC)c(OC(=O)C(N)Cc4ccccc4)c3CN1CC2. The molecule has 0 amide bonds. The van der Waals surface area contributed by atoms with Crippen LogP contribution in [0.5, 0.6) is 23.0 Å². The molecule has 0 saturated heterocycles. The molecule has 6 rings (SSSR count). The highest BCUT2D eigenvalue weighted by Crippen LogP contribution is 2.48. The Morgan fingerprint density at radius 2 is 1.63 bits per heavy atom. The highest BCUT2D eigenvalue weighted by molar-refractivity contribution is 6.31. The van der Waals surface area contributed by atoms with Crippen molar-refractivity contribution in [3.05, 3.63) is 117 Å². The minimum absolute atomic E-state index is 0.0796. The van der Waals surface area contributed by atoms with Crippen LogP contribution in [0.3, 0.4) is 0 Å². The molecule has 4 aromatic carbocycles. The third-order valence-corrected chi connectivity index (χ3v) is 8.66. The van der Waals surface area contributed by atoms with Crippen molar-refractivity contribution < 1.29 is 23.7 Å². The lowest BCUT2D eigenvalue weighted by molar-refractivity contribution is -0.136. The molecule has 2 unspecified atom stereocenters. The maximum Gasteiger partial charge on any atom is 0.328 e. The van der Waals surface area contributed by atoms with Crippen molar-refractivity contribution in [2.75, 3.05) is 20.8 Å². The Balaban J connectivity index is 1.29. The molecule has 2 aliphatic rings. The Morgan fingerprint density at radius 1 is 0.930 bits per heavy atom. The summed E-state index contributed by atoms with van der Waals surface area (Å²) in [5.74, 6) is 1.73. The second-order valence-electron chi connectivity index (χ2n) is 11.0. The van der Waals surface area contributed by atoms with Crippen LogP contribution in [0.1, 0.15) is 39.4 Å². The fourth-order valence-electron chi connectivity index (χ4n) is 6.07. The number of methoxy groups -OCH3 is 2. The molecular weight excluding hydrogens is 564 g/mol. The predicted octanol–water partition coefficient (Wildman–Crippen LogP) is 6.07. The number of esters is 1. The first-order valence-corrected chi connectivity index (χ1v) is 14.8. The van der Waals surface area contributed by atoms with E-state index in [4.69, 9.17) is 36.3 Å². The zero-order chi connectivity index (χ0) is 29.9. The molecular formula is C35H35ClN2O5. The van der Waals surface area contributed by atoms with E-state index >= 15 is 0 Å². The number of carbonyl (C=O) groups is 1. The van der Waals surface area contributed by atoms with Gasteiger partial charge in [-0.3, -0.25) is 4.90 Å². The average Bonchev–Trinajstić information content (AvgIpc) is 3.04. The van der Waals surface area contributed by atoms with Crippen LogP contribution in [0.25, 0.3) is 0 Å². The van der Waals surface area contributed by atoms with Crippen molar-refractivity contribution in [1.29, 1.82) is 0 Å². The summed E-state index contributed by atoms with van der Waals surface area (Å²) in [7, 11) is 3.22. The lowest BCUT2D eigenvalue weighted by Gasteiger charge is -2.42. The molecule has 0 bridgehead atoms. The lowest BCUT2D eigenvalue weighted by Crippen LogP contribution is -2.40. The van der Waals surface area contributed by atoms with Gasteiger partial charge in [-0.1, -0.05) is 72.3 Å². The first-order chi connectivity index (χ1) is 20.9. The molecule has 43 heavy (non-hydrogen) atoms. The summed E-state index contributed by atoms with van der Waals surface area (Å²) in [6.45, 7) is 1.83. The molecule has 0 spiro atoms. The van der Waals surface area contributed by atoms with Crippen molar-refractivity contribution in [2.24, 2.45) is 5.73 Å². The Bertz CT molecular complexity index is 1610. The van der Waals surface area contributed by atoms with Gasteiger partial charge in [0.05, 0.1) is 14.2 Å². The molecule has 0 radical (unpaired) electrons. The largest absolute Gasteiger partial charge is 0.493 e. The molecule has 8 heteroatoms. The summed E-state index contributed by atoms with van der Waals surface area (Å²) in [6.07, 6.45) is 1.88. The number of ether oxygens (including phenoxy) is 4. The van der Waals surface area contributed by atoms with Crippen LogP contribution < -0.4 is 24.7 Å². The quantitative estimate of drug-likeness (QED) is 0.185. The van der Waals surface area contributed by atoms with Gasteiger partial charge in [0.15, 0.2) is 23.0 Å². The van der Waals surface area contributed by atoms with E-state index in [9.17, 15) is 4.79 Å². The third kappa shape index (κ3) is 6.07. The number of carbonyl (C=O) groups excluding carboxylic acids is 1. The number of nitrogens with two attached hydrogens (primary N) is 1. The minimum atomic E-state index is -0.819. The summed E-state index contributed by atoms with van der Waals surface area (Å²) in [4.78, 5) is 15.6. The van der Waals surface area contributed by atoms with E-state index in [0.29, 0.717) is 48.3 Å². The first kappa shape index (κ1) is 29.1. The zero-order valence-corrected chi connectivity index (χ0v) is 25.1. The Morgan fingerprint density at radius 3 is 2.33 bits per heavy atom. The molecule has 2 heterocycles. The van der Waals surface area contributed by atoms with Gasteiger partial charge >= 0.3 is 5.97 Å². The summed E-state index contributed by atoms with van der Waals surface area (Å²) >= 11 is 6.85. The maximum atomic E-state index is 13.2. The zero-order valence-electron chi connectivity index (χ0n) is 24.3. The molecule has 4 aromatic rings. The number of rotatable bonds is 9. The minimum Gasteiger partial charge on any atom is -0.493 e. The van der Waals surface area contributed by atoms with Gasteiger partial charge in [0.2, 0.25) is 0 Å². The summed E-state index contributed by atoms with van der Waals surface area (Å²) in [6, 6.07) is 24.9. The average molecular weight is 599 g/mol. The number of fused-ring (bicyclic) bond motifs is 4. The van der Waals surface area contributed by atoms with Crippen molar-refractivity contribution in [2.45, 2.75) is 44.5 Å². The van der Waals surface area contributed by atoms with Crippen LogP contribution >= 0.6 is 11.6 Å². The summed E-state index contributed by atoms with van der Waals surface area (Å²) in [5.41, 5.74) is 12.6. The van der Waals surface area contributed by atoms with Gasteiger partial charge in [-0.2, -0.15) is 0 Å². The topological polar surface area (TPSA) is 83.2 Å². The van der Waals surface area contributed by atoms with E-state index in [0.717, 1.165) is 41.0 Å². The Labute approximate surface area is 257 Å². The molecule has 0 aliphatic carbocycles. The van der Waals surface area contributed by atoms with Gasteiger partial charge in [-0.05, 0) is 59.2 Å². The van der Waals surface area contributed by atoms with Crippen LogP contribution in [0.4, 0.5) is 0 Å². The van der Waals surface area contributed by atoms with E-state index in [1.807, 2.05) is 60.7 Å². The van der Waals surface area contributed by atoms with E-state index < -0.39 is 12.0 Å². The van der Waals surface area contributed by atoms with Gasteiger partial charge in [0.25, 0.3) is 0 Å². The van der Waals surface area contributed by atoms with E-state index in [1.165, 1.54) is 11.1 Å². The van der Waals surface area contributed by atoms with Crippen LogP contribution in [-0.4, -0.2) is 37.7 Å². The lowest BCUT2D eigenvalue weighted by atomic mass is 9.83. The standard InChI is InChI=1S/C35H35ClN2O5/c1-40-31-16-24-13-14-38-20-27-26(17-30(38)25(24)18-32(31)42-21-23-11-7-4-8-12-23)28(36)19-33(41-2)34(27)43-35(39)29(37)15-22-9-5-3-6-10-22/h3-12,16,18-19,29-30H,13-15,17,20-21,37H2,1-2H3. The number of benzene rings is 4. The predicted molar refractivity (Wildman–Crippen MR) is 166 cm³/mol. The van der Waals surface area contributed by atoms with Crippen LogP contribution in [0.2, 0.25) is 5.02 Å². The molecule has 7 nitrogen and oxygen atoms in total. The van der Waals surface area contributed by atoms with Crippen LogP contribution in [-0.2, 0) is 37.2 Å². The fourth-order valence-corrected chi connectivity index (χ4v) is 6.36. The normalized spacial score (nSPS) is 16.3. The van der Waals surface area contributed by atoms with Crippen molar-refractivity contribution in [3.8, 4) is 23.0 Å². The van der Waals surface area contributed by atoms with Gasteiger partial charge < -0.3 is 24.7 Å². The molecule has 222 valence electrons. The van der Waals surface area contributed by atoms with Crippen LogP contribution in [0, 0.1) is 0 Å². The monoisotopic (exact) mass is 598 g/mol. The smallest absolute Gasteiger partial charge is 0.328 e. The molecule has 2 atom stereocenters. The molecule has 2 aliphatic heterocycles. The summed E-state index contributed by atoms with van der Waals surface area (Å²) < 4.78 is 23.6. The first-order valence-electron chi connectivity index (χ1n) is 14.5. The molecule has 0 fully saturated rings. The molecule has 0 saturated carbocycles. The van der Waals surface area contributed by atoms with Crippen molar-refractivity contribution >= 4 is 17.6 Å². The number of halogens is 1. The van der Waals surface area contributed by atoms with Gasteiger partial charge in [0, 0.05) is 35.8 Å². The second-order valence-corrected chi connectivity index (χ2v) is 11.4. The Kier molecular flexibility index (Phi) is 8.56. The molecule has 0 aromatic heterocycles. The third-order valence-electron chi connectivity index (χ3n) is 8.32. The number of nitrogens with zero attached hydrogens (tertiary/aromatic N) is 1. The summed E-state index contributed by atoms with van der Waals surface area (Å²) in [5, 5.41) is 0.584. The second kappa shape index (κ2) is 12.7. The number of hydrogen-bond acceptors (Lipinski definition) is 7. The number of hydrogen-bond donors (Lipinski definition) is 1. The highest BCUT2D eigenvalue weighted by Gasteiger charge is 2.37.